The van der Waals surface area contributed by atoms with E-state index in [9.17, 15) is 4.79 Å². The zero-order valence-corrected chi connectivity index (χ0v) is 9.87. The Hall–Kier alpha value is -1.26. The summed E-state index contributed by atoms with van der Waals surface area (Å²) in [6.45, 7) is 2.58. The molecule has 0 saturated heterocycles. The first kappa shape index (κ1) is 12.8. The Balaban J connectivity index is 2.99. The molecule has 0 aliphatic heterocycles. The van der Waals surface area contributed by atoms with E-state index >= 15 is 0 Å². The highest BCUT2D eigenvalue weighted by atomic mass is 35.5. The van der Waals surface area contributed by atoms with Crippen molar-refractivity contribution in [1.82, 2.24) is 4.90 Å². The second-order valence-electron chi connectivity index (χ2n) is 3.32. The minimum absolute atomic E-state index is 0.0699. The third-order valence-corrected chi connectivity index (χ3v) is 2.72. The van der Waals surface area contributed by atoms with Crippen LogP contribution in [-0.2, 0) is 0 Å². The molecule has 1 rings (SSSR count). The van der Waals surface area contributed by atoms with Crippen LogP contribution in [0, 0.1) is 0 Å². The van der Waals surface area contributed by atoms with Gasteiger partial charge in [0.2, 0.25) is 0 Å². The fourth-order valence-electron chi connectivity index (χ4n) is 1.41. The molecule has 1 aromatic rings. The molecule has 0 aliphatic carbocycles. The molecule has 0 unspecified atom stereocenters. The third-order valence-electron chi connectivity index (χ3n) is 2.30. The summed E-state index contributed by atoms with van der Waals surface area (Å²) < 4.78 is 0. The number of nitrogens with zero attached hydrogens (tertiary/aromatic N) is 1. The number of hydrogen-bond donors (Lipinski definition) is 2. The summed E-state index contributed by atoms with van der Waals surface area (Å²) in [6.07, 6.45) is 0. The van der Waals surface area contributed by atoms with E-state index in [0.717, 1.165) is 0 Å². The van der Waals surface area contributed by atoms with Crippen molar-refractivity contribution in [3.05, 3.63) is 28.8 Å². The standard InChI is InChI=1S/C11H15ClN2O2/c1-2-14(6-7-15)11(16)8-4-3-5-9(13)10(8)12/h3-5,15H,2,6-7,13H2,1H3. The Kier molecular flexibility index (Phi) is 4.58. The summed E-state index contributed by atoms with van der Waals surface area (Å²) in [4.78, 5) is 13.5. The lowest BCUT2D eigenvalue weighted by atomic mass is 10.1. The molecule has 88 valence electrons. The van der Waals surface area contributed by atoms with E-state index in [-0.39, 0.29) is 17.5 Å². The molecule has 16 heavy (non-hydrogen) atoms. The molecule has 0 radical (unpaired) electrons. The number of hydrogen-bond acceptors (Lipinski definition) is 3. The van der Waals surface area contributed by atoms with Crippen molar-refractivity contribution in [2.75, 3.05) is 25.4 Å². The molecule has 0 atom stereocenters. The van der Waals surface area contributed by atoms with E-state index in [1.807, 2.05) is 6.92 Å². The molecule has 0 bridgehead atoms. The number of amides is 1. The van der Waals surface area contributed by atoms with Crippen molar-refractivity contribution in [3.8, 4) is 0 Å². The average molecular weight is 243 g/mol. The number of nitrogens with two attached hydrogens (primary N) is 1. The Morgan fingerprint density at radius 3 is 2.81 bits per heavy atom. The molecule has 0 heterocycles. The minimum atomic E-state index is -0.214. The zero-order chi connectivity index (χ0) is 12.1. The Labute approximate surface area is 99.6 Å². The van der Waals surface area contributed by atoms with Gasteiger partial charge in [-0.25, -0.2) is 0 Å². The highest BCUT2D eigenvalue weighted by Gasteiger charge is 2.17. The monoisotopic (exact) mass is 242 g/mol. The van der Waals surface area contributed by atoms with Gasteiger partial charge in [0.15, 0.2) is 0 Å². The molecule has 3 N–H and O–H groups in total. The van der Waals surface area contributed by atoms with E-state index in [1.54, 1.807) is 18.2 Å². The third kappa shape index (κ3) is 2.65. The summed E-state index contributed by atoms with van der Waals surface area (Å²) in [5.41, 5.74) is 6.38. The van der Waals surface area contributed by atoms with Gasteiger partial charge < -0.3 is 15.7 Å². The van der Waals surface area contributed by atoms with Gasteiger partial charge in [-0.2, -0.15) is 0 Å². The van der Waals surface area contributed by atoms with Crippen molar-refractivity contribution >= 4 is 23.2 Å². The molecule has 0 spiro atoms. The van der Waals surface area contributed by atoms with Crippen molar-refractivity contribution in [2.45, 2.75) is 6.92 Å². The van der Waals surface area contributed by atoms with Crippen LogP contribution < -0.4 is 5.73 Å². The zero-order valence-electron chi connectivity index (χ0n) is 9.11. The van der Waals surface area contributed by atoms with Crippen molar-refractivity contribution < 1.29 is 9.90 Å². The second-order valence-corrected chi connectivity index (χ2v) is 3.70. The van der Waals surface area contributed by atoms with Crippen LogP contribution in [0.15, 0.2) is 18.2 Å². The largest absolute Gasteiger partial charge is 0.398 e. The predicted octanol–water partition coefficient (Wildman–Crippen LogP) is 1.38. The second kappa shape index (κ2) is 5.72. The van der Waals surface area contributed by atoms with E-state index in [2.05, 4.69) is 0 Å². The van der Waals surface area contributed by atoms with Gasteiger partial charge in [-0.05, 0) is 19.1 Å². The van der Waals surface area contributed by atoms with Gasteiger partial charge in [0.1, 0.15) is 0 Å². The molecule has 0 saturated carbocycles. The first-order chi connectivity index (χ1) is 7.61. The van der Waals surface area contributed by atoms with Crippen LogP contribution in [0.5, 0.6) is 0 Å². The van der Waals surface area contributed by atoms with Crippen LogP contribution in [0.4, 0.5) is 5.69 Å². The SMILES string of the molecule is CCN(CCO)C(=O)c1cccc(N)c1Cl. The maximum atomic E-state index is 12.0. The molecule has 4 nitrogen and oxygen atoms in total. The number of halogens is 1. The van der Waals surface area contributed by atoms with Crippen LogP contribution in [0.25, 0.3) is 0 Å². The predicted molar refractivity (Wildman–Crippen MR) is 64.5 cm³/mol. The quantitative estimate of drug-likeness (QED) is 0.784. The summed E-state index contributed by atoms with van der Waals surface area (Å²) in [5.74, 6) is -0.214. The molecule has 5 heteroatoms. The van der Waals surface area contributed by atoms with Crippen LogP contribution >= 0.6 is 11.6 Å². The number of carbonyl (C=O) groups is 1. The summed E-state index contributed by atoms with van der Waals surface area (Å²) in [5, 5.41) is 9.10. The lowest BCUT2D eigenvalue weighted by Crippen LogP contribution is -2.33. The minimum Gasteiger partial charge on any atom is -0.398 e. The molecule has 1 amide bonds. The summed E-state index contributed by atoms with van der Waals surface area (Å²) >= 11 is 5.95. The fraction of sp³-hybridized carbons (Fsp3) is 0.364. The molecule has 0 fully saturated rings. The van der Waals surface area contributed by atoms with E-state index < -0.39 is 0 Å². The maximum absolute atomic E-state index is 12.0. The fourth-order valence-corrected chi connectivity index (χ4v) is 1.62. The molecular formula is C11H15ClN2O2. The van der Waals surface area contributed by atoms with Gasteiger partial charge in [0, 0.05) is 13.1 Å². The Morgan fingerprint density at radius 1 is 1.56 bits per heavy atom. The van der Waals surface area contributed by atoms with Crippen LogP contribution in [0.2, 0.25) is 5.02 Å². The van der Waals surface area contributed by atoms with Crippen molar-refractivity contribution in [2.24, 2.45) is 0 Å². The maximum Gasteiger partial charge on any atom is 0.255 e. The normalized spacial score (nSPS) is 10.2. The lowest BCUT2D eigenvalue weighted by Gasteiger charge is -2.20. The highest BCUT2D eigenvalue weighted by Crippen LogP contribution is 2.24. The van der Waals surface area contributed by atoms with E-state index in [1.165, 1.54) is 4.90 Å². The first-order valence-electron chi connectivity index (χ1n) is 5.06. The number of benzene rings is 1. The molecule has 1 aromatic carbocycles. The Bertz CT molecular complexity index is 382. The van der Waals surface area contributed by atoms with Crippen molar-refractivity contribution in [3.63, 3.8) is 0 Å². The summed E-state index contributed by atoms with van der Waals surface area (Å²) in [6, 6.07) is 4.95. The molecular weight excluding hydrogens is 228 g/mol. The number of aliphatic hydroxyl groups is 1. The number of rotatable bonds is 4. The number of likely N-dealkylation sites (N-methyl/N-ethyl adjacent to an activating group) is 1. The van der Waals surface area contributed by atoms with Gasteiger partial charge >= 0.3 is 0 Å². The van der Waals surface area contributed by atoms with Crippen molar-refractivity contribution in [1.29, 1.82) is 0 Å². The van der Waals surface area contributed by atoms with Gasteiger partial charge in [0.25, 0.3) is 5.91 Å². The number of anilines is 1. The smallest absolute Gasteiger partial charge is 0.255 e. The van der Waals surface area contributed by atoms with Gasteiger partial charge in [-0.15, -0.1) is 0 Å². The van der Waals surface area contributed by atoms with E-state index in [4.69, 9.17) is 22.4 Å². The highest BCUT2D eigenvalue weighted by molar-refractivity contribution is 6.36. The first-order valence-corrected chi connectivity index (χ1v) is 5.43. The number of nitrogen functional groups attached to an aromatic ring is 1. The van der Waals surface area contributed by atoms with Crippen LogP contribution in [0.1, 0.15) is 17.3 Å². The van der Waals surface area contributed by atoms with Gasteiger partial charge in [0.05, 0.1) is 22.9 Å². The lowest BCUT2D eigenvalue weighted by molar-refractivity contribution is 0.0732. The Morgan fingerprint density at radius 2 is 2.25 bits per heavy atom. The molecule has 0 aliphatic rings. The van der Waals surface area contributed by atoms with Crippen LogP contribution in [0.3, 0.4) is 0 Å². The molecule has 0 aromatic heterocycles. The number of aliphatic hydroxyl groups excluding tert-OH is 1. The average Bonchev–Trinajstić information content (AvgIpc) is 2.29. The topological polar surface area (TPSA) is 66.6 Å². The van der Waals surface area contributed by atoms with Gasteiger partial charge in [-0.1, -0.05) is 17.7 Å². The number of carbonyl (C=O) groups excluding carboxylic acids is 1. The van der Waals surface area contributed by atoms with Gasteiger partial charge in [-0.3, -0.25) is 4.79 Å². The summed E-state index contributed by atoms with van der Waals surface area (Å²) in [7, 11) is 0. The van der Waals surface area contributed by atoms with Crippen LogP contribution in [-0.4, -0.2) is 35.6 Å². The van der Waals surface area contributed by atoms with E-state index in [0.29, 0.717) is 24.3 Å².